The molecule has 25 heavy (non-hydrogen) atoms. The summed E-state index contributed by atoms with van der Waals surface area (Å²) in [6.45, 7) is 4.42. The van der Waals surface area contributed by atoms with Gasteiger partial charge in [0.2, 0.25) is 0 Å². The molecule has 0 bridgehead atoms. The third-order valence-electron chi connectivity index (χ3n) is 4.40. The second-order valence-corrected chi connectivity index (χ2v) is 9.43. The number of thioether (sulfide) groups is 2. The summed E-state index contributed by atoms with van der Waals surface area (Å²) in [5.74, 6) is 0. The average molecular weight is 375 g/mol. The zero-order valence-electron chi connectivity index (χ0n) is 15.4. The van der Waals surface area contributed by atoms with Crippen molar-refractivity contribution >= 4 is 23.5 Å². The molecule has 0 spiro atoms. The van der Waals surface area contributed by atoms with Gasteiger partial charge in [0.1, 0.15) is 0 Å². The van der Waals surface area contributed by atoms with E-state index in [1.165, 1.54) is 29.1 Å². The fourth-order valence-corrected chi connectivity index (χ4v) is 5.82. The van der Waals surface area contributed by atoms with Gasteiger partial charge in [0.15, 0.2) is 0 Å². The Labute approximate surface area is 161 Å². The first-order chi connectivity index (χ1) is 12.2. The molecule has 1 unspecified atom stereocenters. The molecule has 0 saturated heterocycles. The van der Waals surface area contributed by atoms with Gasteiger partial charge >= 0.3 is 0 Å². The lowest BCUT2D eigenvalue weighted by Crippen LogP contribution is -2.35. The highest BCUT2D eigenvalue weighted by atomic mass is 32.2. The summed E-state index contributed by atoms with van der Waals surface area (Å²) in [5, 5.41) is 11.1. The summed E-state index contributed by atoms with van der Waals surface area (Å²) in [6.07, 6.45) is 6.25. The summed E-state index contributed by atoms with van der Waals surface area (Å²) in [6, 6.07) is 21.0. The first-order valence-electron chi connectivity index (χ1n) is 9.36. The van der Waals surface area contributed by atoms with Crippen LogP contribution in [0.5, 0.6) is 0 Å². The molecule has 0 aromatic heterocycles. The minimum atomic E-state index is -0.329. The van der Waals surface area contributed by atoms with Gasteiger partial charge in [-0.3, -0.25) is 0 Å². The molecule has 1 N–H and O–H groups in total. The topological polar surface area (TPSA) is 20.2 Å². The molecule has 0 amide bonds. The molecule has 3 heteroatoms. The molecule has 0 saturated carbocycles. The van der Waals surface area contributed by atoms with Gasteiger partial charge in [-0.05, 0) is 37.1 Å². The molecular weight excluding hydrogens is 344 g/mol. The van der Waals surface area contributed by atoms with Gasteiger partial charge in [-0.1, -0.05) is 75.9 Å². The molecule has 0 aliphatic heterocycles. The molecule has 2 aromatic rings. The first-order valence-corrected chi connectivity index (χ1v) is 11.0. The van der Waals surface area contributed by atoms with Crippen molar-refractivity contribution in [3.05, 3.63) is 60.7 Å². The van der Waals surface area contributed by atoms with Crippen LogP contribution in [-0.4, -0.2) is 15.3 Å². The average Bonchev–Trinajstić information content (AvgIpc) is 2.66. The number of aliphatic hydroxyl groups excluding tert-OH is 1. The van der Waals surface area contributed by atoms with Crippen LogP contribution in [0, 0.1) is 0 Å². The van der Waals surface area contributed by atoms with Gasteiger partial charge in [0.25, 0.3) is 0 Å². The van der Waals surface area contributed by atoms with Crippen molar-refractivity contribution < 1.29 is 5.11 Å². The molecule has 0 heterocycles. The quantitative estimate of drug-likeness (QED) is 0.259. The Hall–Kier alpha value is -0.900. The SMILES string of the molecule is CCCCCCC(O)C(CC)(Sc1ccccc1)Sc1ccccc1. The zero-order valence-corrected chi connectivity index (χ0v) is 17.0. The van der Waals surface area contributed by atoms with Crippen LogP contribution in [0.3, 0.4) is 0 Å². The maximum absolute atomic E-state index is 11.1. The van der Waals surface area contributed by atoms with Crippen molar-refractivity contribution in [1.29, 1.82) is 0 Å². The van der Waals surface area contributed by atoms with E-state index in [9.17, 15) is 5.11 Å². The summed E-state index contributed by atoms with van der Waals surface area (Å²) in [7, 11) is 0. The van der Waals surface area contributed by atoms with E-state index < -0.39 is 0 Å². The molecular formula is C22H30OS2. The van der Waals surface area contributed by atoms with Crippen LogP contribution in [-0.2, 0) is 0 Å². The second kappa shape index (κ2) is 10.9. The van der Waals surface area contributed by atoms with E-state index in [-0.39, 0.29) is 10.2 Å². The Bertz CT molecular complexity index is 544. The Balaban J connectivity index is 2.18. The molecule has 0 aliphatic carbocycles. The Kier molecular flexibility index (Phi) is 8.94. The Morgan fingerprint density at radius 3 is 1.76 bits per heavy atom. The third kappa shape index (κ3) is 6.40. The predicted octanol–water partition coefficient (Wildman–Crippen LogP) is 7.01. The van der Waals surface area contributed by atoms with Crippen molar-refractivity contribution in [3.8, 4) is 0 Å². The van der Waals surface area contributed by atoms with Crippen LogP contribution in [0.2, 0.25) is 0 Å². The number of unbranched alkanes of at least 4 members (excludes halogenated alkanes) is 3. The molecule has 136 valence electrons. The maximum Gasteiger partial charge on any atom is 0.0959 e. The molecule has 0 aliphatic rings. The van der Waals surface area contributed by atoms with Crippen LogP contribution in [0.4, 0.5) is 0 Å². The fourth-order valence-electron chi connectivity index (χ4n) is 2.90. The number of benzene rings is 2. The predicted molar refractivity (Wildman–Crippen MR) is 112 cm³/mol. The number of aliphatic hydroxyl groups is 1. The van der Waals surface area contributed by atoms with E-state index in [1.54, 1.807) is 0 Å². The lowest BCUT2D eigenvalue weighted by molar-refractivity contribution is 0.145. The fraction of sp³-hybridized carbons (Fsp3) is 0.455. The minimum Gasteiger partial charge on any atom is -0.391 e. The van der Waals surface area contributed by atoms with Gasteiger partial charge in [0.05, 0.1) is 10.2 Å². The van der Waals surface area contributed by atoms with Crippen LogP contribution in [0.25, 0.3) is 0 Å². The van der Waals surface area contributed by atoms with Crippen molar-refractivity contribution in [3.63, 3.8) is 0 Å². The van der Waals surface area contributed by atoms with Crippen LogP contribution < -0.4 is 0 Å². The van der Waals surface area contributed by atoms with E-state index in [4.69, 9.17) is 0 Å². The highest BCUT2D eigenvalue weighted by Crippen LogP contribution is 2.51. The van der Waals surface area contributed by atoms with E-state index in [2.05, 4.69) is 62.4 Å². The molecule has 0 radical (unpaired) electrons. The monoisotopic (exact) mass is 374 g/mol. The van der Waals surface area contributed by atoms with Crippen LogP contribution >= 0.6 is 23.5 Å². The van der Waals surface area contributed by atoms with Gasteiger partial charge in [-0.25, -0.2) is 0 Å². The van der Waals surface area contributed by atoms with E-state index in [0.717, 1.165) is 19.3 Å². The summed E-state index contributed by atoms with van der Waals surface area (Å²) >= 11 is 3.63. The molecule has 1 atom stereocenters. The highest BCUT2D eigenvalue weighted by molar-refractivity contribution is 8.18. The maximum atomic E-state index is 11.1. The van der Waals surface area contributed by atoms with Crippen LogP contribution in [0.1, 0.15) is 52.4 Å². The normalized spacial score (nSPS) is 12.9. The second-order valence-electron chi connectivity index (χ2n) is 6.36. The van der Waals surface area contributed by atoms with E-state index in [1.807, 2.05) is 35.7 Å². The molecule has 2 aromatic carbocycles. The molecule has 1 nitrogen and oxygen atoms in total. The van der Waals surface area contributed by atoms with Crippen molar-refractivity contribution in [2.75, 3.05) is 0 Å². The van der Waals surface area contributed by atoms with E-state index in [0.29, 0.717) is 0 Å². The van der Waals surface area contributed by atoms with Gasteiger partial charge in [0, 0.05) is 9.79 Å². The Morgan fingerprint density at radius 1 is 0.800 bits per heavy atom. The lowest BCUT2D eigenvalue weighted by Gasteiger charge is -2.36. The van der Waals surface area contributed by atoms with Crippen molar-refractivity contribution in [2.45, 2.75) is 72.3 Å². The number of hydrogen-bond donors (Lipinski definition) is 1. The van der Waals surface area contributed by atoms with Gasteiger partial charge in [-0.2, -0.15) is 0 Å². The molecule has 2 rings (SSSR count). The standard InChI is InChI=1S/C22H30OS2/c1-3-5-6-13-18-21(23)22(4-2,24-19-14-9-7-10-15-19)25-20-16-11-8-12-17-20/h7-12,14-17,21,23H,3-6,13,18H2,1-2H3. The summed E-state index contributed by atoms with van der Waals surface area (Å²) in [5.41, 5.74) is 0. The van der Waals surface area contributed by atoms with Gasteiger partial charge < -0.3 is 5.11 Å². The number of rotatable bonds is 11. The summed E-state index contributed by atoms with van der Waals surface area (Å²) in [4.78, 5) is 2.45. The van der Waals surface area contributed by atoms with E-state index >= 15 is 0 Å². The zero-order chi connectivity index (χ0) is 18.0. The largest absolute Gasteiger partial charge is 0.391 e. The van der Waals surface area contributed by atoms with Crippen molar-refractivity contribution in [2.24, 2.45) is 0 Å². The highest BCUT2D eigenvalue weighted by Gasteiger charge is 2.38. The molecule has 0 fully saturated rings. The minimum absolute atomic E-state index is 0.255. The van der Waals surface area contributed by atoms with Crippen molar-refractivity contribution in [1.82, 2.24) is 0 Å². The summed E-state index contributed by atoms with van der Waals surface area (Å²) < 4.78 is -0.255. The smallest absolute Gasteiger partial charge is 0.0959 e. The Morgan fingerprint density at radius 2 is 1.32 bits per heavy atom. The van der Waals surface area contributed by atoms with Gasteiger partial charge in [-0.15, -0.1) is 23.5 Å². The third-order valence-corrected chi connectivity index (χ3v) is 7.73. The first kappa shape index (κ1) is 20.4. The number of hydrogen-bond acceptors (Lipinski definition) is 3. The lowest BCUT2D eigenvalue weighted by atomic mass is 10.1. The van der Waals surface area contributed by atoms with Crippen LogP contribution in [0.15, 0.2) is 70.5 Å².